The highest BCUT2D eigenvalue weighted by Crippen LogP contribution is 2.13. The largest absolute Gasteiger partial charge is 0.307 e. The third kappa shape index (κ3) is 2.88. The topological polar surface area (TPSA) is 24.9 Å². The SMILES string of the molecule is Cc1cscc1CNCc1ccccn1. The Morgan fingerprint density at radius 2 is 2.20 bits per heavy atom. The van der Waals surface area contributed by atoms with Gasteiger partial charge < -0.3 is 5.32 Å². The molecule has 2 rings (SSSR count). The molecule has 0 unspecified atom stereocenters. The lowest BCUT2D eigenvalue weighted by Crippen LogP contribution is -2.13. The zero-order chi connectivity index (χ0) is 10.5. The van der Waals surface area contributed by atoms with Crippen molar-refractivity contribution < 1.29 is 0 Å². The van der Waals surface area contributed by atoms with E-state index in [2.05, 4.69) is 28.0 Å². The molecule has 0 aliphatic rings. The van der Waals surface area contributed by atoms with Gasteiger partial charge in [0.2, 0.25) is 0 Å². The Kier molecular flexibility index (Phi) is 3.48. The highest BCUT2D eigenvalue weighted by Gasteiger charge is 1.98. The molecule has 0 radical (unpaired) electrons. The molecule has 15 heavy (non-hydrogen) atoms. The fourth-order valence-corrected chi connectivity index (χ4v) is 2.25. The van der Waals surface area contributed by atoms with Crippen molar-refractivity contribution >= 4 is 11.3 Å². The fourth-order valence-electron chi connectivity index (χ4n) is 1.40. The van der Waals surface area contributed by atoms with Crippen molar-refractivity contribution in [3.8, 4) is 0 Å². The van der Waals surface area contributed by atoms with Crippen LogP contribution in [-0.2, 0) is 13.1 Å². The van der Waals surface area contributed by atoms with Gasteiger partial charge in [-0.05, 0) is 40.9 Å². The van der Waals surface area contributed by atoms with Crippen molar-refractivity contribution in [2.75, 3.05) is 0 Å². The normalized spacial score (nSPS) is 10.5. The second-order valence-electron chi connectivity index (χ2n) is 3.50. The van der Waals surface area contributed by atoms with Gasteiger partial charge in [-0.25, -0.2) is 0 Å². The first-order valence-corrected chi connectivity index (χ1v) is 5.93. The third-order valence-corrected chi connectivity index (χ3v) is 3.22. The molecule has 0 atom stereocenters. The van der Waals surface area contributed by atoms with Crippen molar-refractivity contribution in [1.29, 1.82) is 0 Å². The first kappa shape index (κ1) is 10.3. The van der Waals surface area contributed by atoms with E-state index in [1.165, 1.54) is 11.1 Å². The molecule has 3 heteroatoms. The molecule has 2 aromatic rings. The first-order valence-electron chi connectivity index (χ1n) is 4.98. The van der Waals surface area contributed by atoms with E-state index >= 15 is 0 Å². The number of aryl methyl sites for hydroxylation is 1. The lowest BCUT2D eigenvalue weighted by molar-refractivity contribution is 0.679. The van der Waals surface area contributed by atoms with E-state index in [-0.39, 0.29) is 0 Å². The molecule has 0 spiro atoms. The summed E-state index contributed by atoms with van der Waals surface area (Å²) in [5.41, 5.74) is 3.84. The van der Waals surface area contributed by atoms with Gasteiger partial charge in [-0.2, -0.15) is 11.3 Å². The Labute approximate surface area is 94.0 Å². The number of aromatic nitrogens is 1. The summed E-state index contributed by atoms with van der Waals surface area (Å²) in [7, 11) is 0. The molecule has 0 aromatic carbocycles. The number of thiophene rings is 1. The van der Waals surface area contributed by atoms with E-state index < -0.39 is 0 Å². The standard InChI is InChI=1S/C12H14N2S/c1-10-8-15-9-11(10)6-13-7-12-4-2-3-5-14-12/h2-5,8-9,13H,6-7H2,1H3. The van der Waals surface area contributed by atoms with E-state index in [0.29, 0.717) is 0 Å². The predicted molar refractivity (Wildman–Crippen MR) is 63.8 cm³/mol. The van der Waals surface area contributed by atoms with Gasteiger partial charge in [0.05, 0.1) is 5.69 Å². The molecule has 0 saturated heterocycles. The minimum Gasteiger partial charge on any atom is -0.307 e. The van der Waals surface area contributed by atoms with Crippen LogP contribution in [0.25, 0.3) is 0 Å². The van der Waals surface area contributed by atoms with Crippen LogP contribution in [0, 0.1) is 6.92 Å². The number of nitrogens with one attached hydrogen (secondary N) is 1. The minimum absolute atomic E-state index is 0.829. The molecule has 0 saturated carbocycles. The number of hydrogen-bond acceptors (Lipinski definition) is 3. The van der Waals surface area contributed by atoms with Gasteiger partial charge in [0.15, 0.2) is 0 Å². The summed E-state index contributed by atoms with van der Waals surface area (Å²) in [6.07, 6.45) is 1.83. The first-order chi connectivity index (χ1) is 7.36. The average Bonchev–Trinajstić information content (AvgIpc) is 2.66. The maximum absolute atomic E-state index is 4.26. The molecular formula is C12H14N2S. The van der Waals surface area contributed by atoms with Crippen molar-refractivity contribution in [2.24, 2.45) is 0 Å². The van der Waals surface area contributed by atoms with Crippen LogP contribution in [0.15, 0.2) is 35.2 Å². The van der Waals surface area contributed by atoms with Gasteiger partial charge in [0, 0.05) is 19.3 Å². The summed E-state index contributed by atoms with van der Waals surface area (Å²) in [5, 5.41) is 7.76. The van der Waals surface area contributed by atoms with Crippen LogP contribution >= 0.6 is 11.3 Å². The lowest BCUT2D eigenvalue weighted by Gasteiger charge is -2.03. The number of hydrogen-bond donors (Lipinski definition) is 1. The summed E-state index contributed by atoms with van der Waals surface area (Å²) in [4.78, 5) is 4.26. The van der Waals surface area contributed by atoms with E-state index in [9.17, 15) is 0 Å². The van der Waals surface area contributed by atoms with E-state index in [0.717, 1.165) is 18.8 Å². The Morgan fingerprint density at radius 1 is 1.27 bits per heavy atom. The molecule has 2 aromatic heterocycles. The summed E-state index contributed by atoms with van der Waals surface area (Å²) >= 11 is 1.76. The molecule has 78 valence electrons. The zero-order valence-electron chi connectivity index (χ0n) is 8.73. The zero-order valence-corrected chi connectivity index (χ0v) is 9.55. The summed E-state index contributed by atoms with van der Waals surface area (Å²) < 4.78 is 0. The number of rotatable bonds is 4. The Morgan fingerprint density at radius 3 is 2.87 bits per heavy atom. The second kappa shape index (κ2) is 5.05. The van der Waals surface area contributed by atoms with Crippen LogP contribution in [0.1, 0.15) is 16.8 Å². The molecule has 2 heterocycles. The van der Waals surface area contributed by atoms with E-state index in [1.54, 1.807) is 11.3 Å². The Hall–Kier alpha value is -1.19. The third-order valence-electron chi connectivity index (χ3n) is 2.31. The molecule has 0 fully saturated rings. The Bertz CT molecular complexity index is 409. The monoisotopic (exact) mass is 218 g/mol. The van der Waals surface area contributed by atoms with Crippen LogP contribution in [0.5, 0.6) is 0 Å². The minimum atomic E-state index is 0.829. The summed E-state index contributed by atoms with van der Waals surface area (Å²) in [6.45, 7) is 3.90. The smallest absolute Gasteiger partial charge is 0.0541 e. The number of pyridine rings is 1. The van der Waals surface area contributed by atoms with Gasteiger partial charge in [-0.15, -0.1) is 0 Å². The molecule has 1 N–H and O–H groups in total. The molecule has 0 bridgehead atoms. The van der Waals surface area contributed by atoms with Crippen LogP contribution in [0.3, 0.4) is 0 Å². The highest BCUT2D eigenvalue weighted by atomic mass is 32.1. The van der Waals surface area contributed by atoms with Crippen LogP contribution in [0.4, 0.5) is 0 Å². The van der Waals surface area contributed by atoms with Crippen molar-refractivity contribution in [2.45, 2.75) is 20.0 Å². The maximum atomic E-state index is 4.26. The molecular weight excluding hydrogens is 204 g/mol. The highest BCUT2D eigenvalue weighted by molar-refractivity contribution is 7.08. The molecule has 0 amide bonds. The summed E-state index contributed by atoms with van der Waals surface area (Å²) in [6, 6.07) is 5.99. The van der Waals surface area contributed by atoms with Crippen molar-refractivity contribution in [3.63, 3.8) is 0 Å². The average molecular weight is 218 g/mol. The molecule has 2 nitrogen and oxygen atoms in total. The van der Waals surface area contributed by atoms with Gasteiger partial charge in [0.25, 0.3) is 0 Å². The van der Waals surface area contributed by atoms with E-state index in [4.69, 9.17) is 0 Å². The molecule has 0 aliphatic carbocycles. The Balaban J connectivity index is 1.83. The van der Waals surface area contributed by atoms with Crippen LogP contribution in [0.2, 0.25) is 0 Å². The van der Waals surface area contributed by atoms with Crippen LogP contribution in [-0.4, -0.2) is 4.98 Å². The van der Waals surface area contributed by atoms with Gasteiger partial charge >= 0.3 is 0 Å². The van der Waals surface area contributed by atoms with Gasteiger partial charge in [-0.3, -0.25) is 4.98 Å². The van der Waals surface area contributed by atoms with Crippen molar-refractivity contribution in [3.05, 3.63) is 52.0 Å². The quantitative estimate of drug-likeness (QED) is 0.853. The second-order valence-corrected chi connectivity index (χ2v) is 4.25. The fraction of sp³-hybridized carbons (Fsp3) is 0.250. The number of nitrogens with zero attached hydrogens (tertiary/aromatic N) is 1. The van der Waals surface area contributed by atoms with Gasteiger partial charge in [0.1, 0.15) is 0 Å². The van der Waals surface area contributed by atoms with Gasteiger partial charge in [-0.1, -0.05) is 6.07 Å². The van der Waals surface area contributed by atoms with Crippen molar-refractivity contribution in [1.82, 2.24) is 10.3 Å². The van der Waals surface area contributed by atoms with E-state index in [1.807, 2.05) is 24.4 Å². The maximum Gasteiger partial charge on any atom is 0.0541 e. The van der Waals surface area contributed by atoms with Crippen LogP contribution < -0.4 is 5.32 Å². The molecule has 0 aliphatic heterocycles. The predicted octanol–water partition coefficient (Wildman–Crippen LogP) is 2.74. The summed E-state index contributed by atoms with van der Waals surface area (Å²) in [5.74, 6) is 0. The lowest BCUT2D eigenvalue weighted by atomic mass is 10.2.